The Morgan fingerprint density at radius 3 is 2.78 bits per heavy atom. The van der Waals surface area contributed by atoms with Crippen LogP contribution in [0.1, 0.15) is 12.5 Å². The van der Waals surface area contributed by atoms with Gasteiger partial charge in [0.05, 0.1) is 24.2 Å². The van der Waals surface area contributed by atoms with Crippen molar-refractivity contribution in [3.8, 4) is 17.3 Å². The number of esters is 1. The van der Waals surface area contributed by atoms with Gasteiger partial charge in [-0.2, -0.15) is 9.78 Å². The Morgan fingerprint density at radius 2 is 1.94 bits per heavy atom. The third kappa shape index (κ3) is 4.65. The van der Waals surface area contributed by atoms with E-state index in [1.54, 1.807) is 49.4 Å². The fourth-order valence-electron chi connectivity index (χ4n) is 3.73. The molecular formula is C27H20BrN3O5. The first kappa shape index (κ1) is 23.5. The van der Waals surface area contributed by atoms with Crippen LogP contribution in [0.25, 0.3) is 33.5 Å². The van der Waals surface area contributed by atoms with Crippen molar-refractivity contribution in [2.24, 2.45) is 5.10 Å². The van der Waals surface area contributed by atoms with E-state index in [4.69, 9.17) is 13.9 Å². The molecule has 0 saturated carbocycles. The van der Waals surface area contributed by atoms with Crippen LogP contribution in [0.3, 0.4) is 0 Å². The maximum atomic E-state index is 13.4. The maximum absolute atomic E-state index is 13.4. The number of carbonyl (C=O) groups excluding carboxylic acids is 1. The minimum Gasteiger partial charge on any atom is -0.479 e. The molecule has 2 heterocycles. The van der Waals surface area contributed by atoms with Gasteiger partial charge < -0.3 is 13.9 Å². The quantitative estimate of drug-likeness (QED) is 0.209. The predicted molar refractivity (Wildman–Crippen MR) is 140 cm³/mol. The van der Waals surface area contributed by atoms with E-state index in [0.717, 1.165) is 9.86 Å². The zero-order valence-corrected chi connectivity index (χ0v) is 20.9. The van der Waals surface area contributed by atoms with Gasteiger partial charge in [0.25, 0.3) is 5.56 Å². The van der Waals surface area contributed by atoms with Gasteiger partial charge in [0.2, 0.25) is 5.82 Å². The summed E-state index contributed by atoms with van der Waals surface area (Å²) in [7, 11) is 1.30. The molecule has 0 bridgehead atoms. The zero-order valence-electron chi connectivity index (χ0n) is 19.3. The van der Waals surface area contributed by atoms with E-state index in [-0.39, 0.29) is 11.4 Å². The summed E-state index contributed by atoms with van der Waals surface area (Å²) in [6, 6.07) is 21.6. The molecule has 9 heteroatoms. The van der Waals surface area contributed by atoms with Gasteiger partial charge in [-0.25, -0.2) is 9.78 Å². The first-order valence-electron chi connectivity index (χ1n) is 11.0. The number of fused-ring (bicyclic) bond motifs is 2. The Hall–Kier alpha value is -4.24. The van der Waals surface area contributed by atoms with Crippen LogP contribution >= 0.6 is 15.9 Å². The molecule has 0 spiro atoms. The number of rotatable bonds is 6. The Bertz CT molecular complexity index is 1690. The Kier molecular flexibility index (Phi) is 6.39. The summed E-state index contributed by atoms with van der Waals surface area (Å²) in [6.45, 7) is 1.60. The van der Waals surface area contributed by atoms with Crippen molar-refractivity contribution in [1.82, 2.24) is 9.66 Å². The summed E-state index contributed by atoms with van der Waals surface area (Å²) >= 11 is 3.47. The van der Waals surface area contributed by atoms with E-state index in [9.17, 15) is 9.59 Å². The molecule has 0 saturated heterocycles. The minimum atomic E-state index is -0.769. The second-order valence-electron chi connectivity index (χ2n) is 7.96. The number of halogens is 1. The van der Waals surface area contributed by atoms with Gasteiger partial charge in [0.1, 0.15) is 11.3 Å². The molecule has 0 unspecified atom stereocenters. The van der Waals surface area contributed by atoms with E-state index >= 15 is 0 Å². The third-order valence-corrected chi connectivity index (χ3v) is 5.97. The maximum Gasteiger partial charge on any atom is 0.346 e. The molecular weight excluding hydrogens is 526 g/mol. The van der Waals surface area contributed by atoms with Crippen molar-refractivity contribution in [2.75, 3.05) is 7.11 Å². The van der Waals surface area contributed by atoms with Gasteiger partial charge >= 0.3 is 5.97 Å². The van der Waals surface area contributed by atoms with E-state index in [1.165, 1.54) is 18.0 Å². The molecule has 0 radical (unpaired) electrons. The van der Waals surface area contributed by atoms with Crippen molar-refractivity contribution in [3.05, 3.63) is 93.2 Å². The third-order valence-electron chi connectivity index (χ3n) is 5.48. The molecule has 1 atom stereocenters. The lowest BCUT2D eigenvalue weighted by Crippen LogP contribution is -2.24. The first-order chi connectivity index (χ1) is 17.4. The molecule has 0 aliphatic heterocycles. The summed E-state index contributed by atoms with van der Waals surface area (Å²) in [5.74, 6) is 0.662. The average molecular weight is 546 g/mol. The molecule has 5 aromatic rings. The highest BCUT2D eigenvalue weighted by molar-refractivity contribution is 9.10. The van der Waals surface area contributed by atoms with Gasteiger partial charge in [0, 0.05) is 9.86 Å². The lowest BCUT2D eigenvalue weighted by atomic mass is 10.2. The summed E-state index contributed by atoms with van der Waals surface area (Å²) in [5, 5.41) is 5.76. The second kappa shape index (κ2) is 9.79. The largest absolute Gasteiger partial charge is 0.479 e. The molecule has 0 aliphatic carbocycles. The van der Waals surface area contributed by atoms with E-state index in [2.05, 4.69) is 26.0 Å². The number of methoxy groups -OCH3 is 1. The number of carbonyl (C=O) groups is 1. The van der Waals surface area contributed by atoms with Crippen molar-refractivity contribution >= 4 is 50.0 Å². The van der Waals surface area contributed by atoms with Gasteiger partial charge in [-0.15, -0.1) is 0 Å². The Morgan fingerprint density at radius 1 is 1.11 bits per heavy atom. The number of hydrogen-bond donors (Lipinski definition) is 0. The van der Waals surface area contributed by atoms with Crippen molar-refractivity contribution in [2.45, 2.75) is 13.0 Å². The summed E-state index contributed by atoms with van der Waals surface area (Å²) < 4.78 is 18.5. The molecule has 36 heavy (non-hydrogen) atoms. The van der Waals surface area contributed by atoms with Gasteiger partial charge in [-0.3, -0.25) is 4.79 Å². The number of benzene rings is 3. The smallest absolute Gasteiger partial charge is 0.346 e. The second-order valence-corrected chi connectivity index (χ2v) is 8.88. The Balaban J connectivity index is 1.59. The van der Waals surface area contributed by atoms with Gasteiger partial charge in [-0.05, 0) is 61.0 Å². The number of nitrogens with zero attached hydrogens (tertiary/aromatic N) is 3. The van der Waals surface area contributed by atoms with Crippen LogP contribution in [0, 0.1) is 0 Å². The highest BCUT2D eigenvalue weighted by Gasteiger charge is 2.17. The number of hydrogen-bond acceptors (Lipinski definition) is 7. The topological polar surface area (TPSA) is 95.9 Å². The summed E-state index contributed by atoms with van der Waals surface area (Å²) in [6.07, 6.45) is 0.755. The Labute approximate surface area is 213 Å². The molecule has 3 aromatic carbocycles. The SMILES string of the molecule is COC(=O)[C@@H](C)Oc1cccc(C=Nn2c(-c3cc4cc(Br)ccc4o3)nc3ccccc3c2=O)c1. The van der Waals surface area contributed by atoms with Gasteiger partial charge in [-0.1, -0.05) is 40.2 Å². The van der Waals surface area contributed by atoms with Crippen LogP contribution in [0.2, 0.25) is 0 Å². The average Bonchev–Trinajstić information content (AvgIpc) is 3.31. The highest BCUT2D eigenvalue weighted by atomic mass is 79.9. The fraction of sp³-hybridized carbons (Fsp3) is 0.111. The lowest BCUT2D eigenvalue weighted by Gasteiger charge is -2.12. The lowest BCUT2D eigenvalue weighted by molar-refractivity contribution is -0.147. The van der Waals surface area contributed by atoms with E-state index < -0.39 is 12.1 Å². The van der Waals surface area contributed by atoms with Crippen LogP contribution < -0.4 is 10.3 Å². The van der Waals surface area contributed by atoms with Crippen molar-refractivity contribution in [1.29, 1.82) is 0 Å². The molecule has 8 nitrogen and oxygen atoms in total. The van der Waals surface area contributed by atoms with Crippen LogP contribution in [0.15, 0.2) is 91.6 Å². The highest BCUT2D eigenvalue weighted by Crippen LogP contribution is 2.29. The van der Waals surface area contributed by atoms with Crippen molar-refractivity contribution in [3.63, 3.8) is 0 Å². The molecule has 0 aliphatic rings. The van der Waals surface area contributed by atoms with Gasteiger partial charge in [0.15, 0.2) is 11.9 Å². The van der Waals surface area contributed by atoms with Crippen molar-refractivity contribution < 1.29 is 18.7 Å². The summed E-state index contributed by atoms with van der Waals surface area (Å²) in [4.78, 5) is 29.8. The standard InChI is InChI=1S/C27H20BrN3O5/c1-16(27(33)34-2)35-20-7-5-6-17(12-20)15-29-31-25(30-22-9-4-3-8-21(22)26(31)32)24-14-18-13-19(28)10-11-23(18)36-24/h3-16H,1-2H3/t16-/m1/s1. The number of para-hydroxylation sites is 1. The molecule has 180 valence electrons. The molecule has 0 fully saturated rings. The van der Waals surface area contributed by atoms with Crippen LogP contribution in [-0.4, -0.2) is 35.1 Å². The molecule has 2 aromatic heterocycles. The molecule has 0 N–H and O–H groups in total. The number of ether oxygens (including phenoxy) is 2. The minimum absolute atomic E-state index is 0.272. The molecule has 5 rings (SSSR count). The monoisotopic (exact) mass is 545 g/mol. The van der Waals surface area contributed by atoms with Crippen LogP contribution in [-0.2, 0) is 9.53 Å². The van der Waals surface area contributed by atoms with Crippen LogP contribution in [0.5, 0.6) is 5.75 Å². The van der Waals surface area contributed by atoms with Crippen LogP contribution in [0.4, 0.5) is 0 Å². The zero-order chi connectivity index (χ0) is 25.2. The summed E-state index contributed by atoms with van der Waals surface area (Å²) in [5.41, 5.74) is 1.53. The van der Waals surface area contributed by atoms with E-state index in [0.29, 0.717) is 33.6 Å². The molecule has 0 amide bonds. The van der Waals surface area contributed by atoms with E-state index in [1.807, 2.05) is 30.3 Å². The number of furan rings is 1. The normalized spacial score (nSPS) is 12.3. The number of aromatic nitrogens is 2. The first-order valence-corrected chi connectivity index (χ1v) is 11.8. The predicted octanol–water partition coefficient (Wildman–Crippen LogP) is 5.39. The fourth-order valence-corrected chi connectivity index (χ4v) is 4.10.